The van der Waals surface area contributed by atoms with Crippen LogP contribution in [-0.2, 0) is 12.1 Å². The normalized spacial score (nSPS) is 27.4. The van der Waals surface area contributed by atoms with Gasteiger partial charge in [0.2, 0.25) is 0 Å². The quantitative estimate of drug-likeness (QED) is 0.547. The van der Waals surface area contributed by atoms with E-state index in [9.17, 15) is 19.4 Å². The highest BCUT2D eigenvalue weighted by Crippen LogP contribution is 2.75. The van der Waals surface area contributed by atoms with Crippen molar-refractivity contribution in [2.24, 2.45) is 10.9 Å². The first kappa shape index (κ1) is 23.9. The molecule has 6 nitrogen and oxygen atoms in total. The molecule has 11 heteroatoms. The minimum atomic E-state index is -3.40. The summed E-state index contributed by atoms with van der Waals surface area (Å²) >= 11 is 3.75. The Morgan fingerprint density at radius 2 is 1.94 bits per heavy atom. The van der Waals surface area contributed by atoms with E-state index < -0.39 is 40.6 Å². The molecular formula is C22H20BrF3N2O4S. The van der Waals surface area contributed by atoms with Crippen LogP contribution in [0.1, 0.15) is 18.1 Å². The largest absolute Gasteiger partial charge is 0.497 e. The number of carbonyl (C=O) groups is 1. The topological polar surface area (TPSA) is 82.4 Å². The average molecular weight is 545 g/mol. The lowest BCUT2D eigenvalue weighted by Crippen LogP contribution is -2.42. The number of thioether (sulfide) groups is 1. The van der Waals surface area contributed by atoms with E-state index in [0.29, 0.717) is 27.5 Å². The van der Waals surface area contributed by atoms with E-state index in [-0.39, 0.29) is 17.3 Å². The number of alkyl halides is 2. The Labute approximate surface area is 200 Å². The predicted octanol–water partition coefficient (Wildman–Crippen LogP) is 5.09. The predicted molar refractivity (Wildman–Crippen MR) is 121 cm³/mol. The molecule has 1 saturated carbocycles. The van der Waals surface area contributed by atoms with Crippen LogP contribution in [0.2, 0.25) is 0 Å². The number of carboxylic acid groups (broad SMARTS) is 1. The minimum Gasteiger partial charge on any atom is -0.497 e. The van der Waals surface area contributed by atoms with Crippen molar-refractivity contribution in [2.75, 3.05) is 13.7 Å². The highest BCUT2D eigenvalue weighted by Gasteiger charge is 2.88. The third kappa shape index (κ3) is 3.70. The van der Waals surface area contributed by atoms with Gasteiger partial charge < -0.3 is 14.9 Å². The highest BCUT2D eigenvalue weighted by molar-refractivity contribution is 9.10. The Morgan fingerprint density at radius 3 is 2.52 bits per heavy atom. The van der Waals surface area contributed by atoms with Gasteiger partial charge in [-0.25, -0.2) is 18.0 Å². The number of aliphatic hydroxyl groups excluding tert-OH is 1. The Morgan fingerprint density at radius 1 is 1.27 bits per heavy atom. The van der Waals surface area contributed by atoms with Gasteiger partial charge in [-0.15, -0.1) is 0 Å². The molecule has 1 amide bonds. The van der Waals surface area contributed by atoms with Crippen LogP contribution in [0.4, 0.5) is 18.0 Å². The fraction of sp³-hybridized carbons (Fsp3) is 0.364. The maximum Gasteiger partial charge on any atom is 0.413 e. The summed E-state index contributed by atoms with van der Waals surface area (Å²) in [5.41, 5.74) is -1.35. The average Bonchev–Trinajstić information content (AvgIpc) is 3.30. The van der Waals surface area contributed by atoms with Crippen molar-refractivity contribution >= 4 is 39.0 Å². The van der Waals surface area contributed by atoms with Crippen LogP contribution in [0.5, 0.6) is 5.75 Å². The molecule has 2 N–H and O–H groups in total. The standard InChI is InChI=1S/C22H20BrF3N2O4S/c1-20(15-9-13(23)5-8-16(15)24)17-21(11-29,22(17,25)26)33-18(27-20)28(19(30)31)10-12-3-6-14(32-2)7-4-12/h3-9,17,29H,10-11H2,1-2H3,(H,30,31)/t17?,20-,21?/m1/s1. The molecular weight excluding hydrogens is 525 g/mol. The summed E-state index contributed by atoms with van der Waals surface area (Å²) < 4.78 is 48.7. The first-order valence-corrected chi connectivity index (χ1v) is 11.5. The number of amides is 1. The van der Waals surface area contributed by atoms with Crippen molar-refractivity contribution in [1.29, 1.82) is 0 Å². The summed E-state index contributed by atoms with van der Waals surface area (Å²) in [7, 11) is 1.49. The zero-order valence-corrected chi connectivity index (χ0v) is 20.0. The van der Waals surface area contributed by atoms with Crippen molar-refractivity contribution in [3.63, 3.8) is 0 Å². The third-order valence-corrected chi connectivity index (χ3v) is 8.13. The summed E-state index contributed by atoms with van der Waals surface area (Å²) in [5, 5.41) is 19.6. The Bertz CT molecular complexity index is 1130. The summed E-state index contributed by atoms with van der Waals surface area (Å²) in [6, 6.07) is 10.5. The van der Waals surface area contributed by atoms with E-state index >= 15 is 8.78 Å². The Balaban J connectivity index is 1.82. The molecule has 0 aromatic heterocycles. The zero-order chi connectivity index (χ0) is 24.2. The molecule has 33 heavy (non-hydrogen) atoms. The molecule has 2 aromatic carbocycles. The number of hydrogen-bond acceptors (Lipinski definition) is 5. The van der Waals surface area contributed by atoms with E-state index in [1.807, 2.05) is 0 Å². The van der Waals surface area contributed by atoms with Crippen LogP contribution in [0.3, 0.4) is 0 Å². The fourth-order valence-electron chi connectivity index (χ4n) is 4.39. The van der Waals surface area contributed by atoms with Crippen LogP contribution >= 0.6 is 27.7 Å². The van der Waals surface area contributed by atoms with E-state index in [1.165, 1.54) is 26.2 Å². The molecule has 2 aliphatic rings. The molecule has 0 saturated heterocycles. The molecule has 1 aliphatic heterocycles. The van der Waals surface area contributed by atoms with Gasteiger partial charge in [-0.1, -0.05) is 39.8 Å². The Kier molecular flexibility index (Phi) is 5.95. The number of aliphatic imine (C=N–C) groups is 1. The lowest BCUT2D eigenvalue weighted by molar-refractivity contribution is 0.0685. The molecule has 2 aromatic rings. The van der Waals surface area contributed by atoms with Crippen molar-refractivity contribution in [2.45, 2.75) is 29.7 Å². The van der Waals surface area contributed by atoms with Gasteiger partial charge in [-0.3, -0.25) is 9.89 Å². The maximum atomic E-state index is 15.2. The van der Waals surface area contributed by atoms with Crippen LogP contribution in [0.15, 0.2) is 51.9 Å². The van der Waals surface area contributed by atoms with Gasteiger partial charge in [0.25, 0.3) is 5.92 Å². The number of ether oxygens (including phenoxy) is 1. The molecule has 3 atom stereocenters. The monoisotopic (exact) mass is 544 g/mol. The summed E-state index contributed by atoms with van der Waals surface area (Å²) in [6.45, 7) is 0.247. The lowest BCUT2D eigenvalue weighted by atomic mass is 9.85. The zero-order valence-electron chi connectivity index (χ0n) is 17.6. The number of amidine groups is 1. The minimum absolute atomic E-state index is 0.107. The van der Waals surface area contributed by atoms with Crippen molar-refractivity contribution in [1.82, 2.24) is 4.90 Å². The second-order valence-electron chi connectivity index (χ2n) is 8.09. The van der Waals surface area contributed by atoms with Crippen molar-refractivity contribution in [3.05, 3.63) is 63.9 Å². The third-order valence-electron chi connectivity index (χ3n) is 6.14. The first-order valence-electron chi connectivity index (χ1n) is 9.86. The van der Waals surface area contributed by atoms with Crippen molar-refractivity contribution < 1.29 is 32.9 Å². The Hall–Kier alpha value is -2.24. The summed E-state index contributed by atoms with van der Waals surface area (Å²) in [4.78, 5) is 17.4. The van der Waals surface area contributed by atoms with E-state index in [2.05, 4.69) is 20.9 Å². The van der Waals surface area contributed by atoms with Crippen LogP contribution in [0.25, 0.3) is 0 Å². The number of methoxy groups -OCH3 is 1. The maximum absolute atomic E-state index is 15.2. The number of benzene rings is 2. The summed E-state index contributed by atoms with van der Waals surface area (Å²) in [6.07, 6.45) is -1.41. The number of rotatable bonds is 5. The molecule has 2 unspecified atom stereocenters. The fourth-order valence-corrected chi connectivity index (χ4v) is 6.32. The van der Waals surface area contributed by atoms with Gasteiger partial charge in [0.05, 0.1) is 31.7 Å². The number of halogens is 4. The number of fused-ring (bicyclic) bond motifs is 1. The van der Waals surface area contributed by atoms with E-state index in [4.69, 9.17) is 4.74 Å². The van der Waals surface area contributed by atoms with Gasteiger partial charge >= 0.3 is 6.09 Å². The molecule has 1 aliphatic carbocycles. The SMILES string of the molecule is COc1ccc(CN(C(=O)O)C2=N[C@](C)(c3cc(Br)ccc3F)C3C(F)(F)C3(CO)S2)cc1. The van der Waals surface area contributed by atoms with Crippen molar-refractivity contribution in [3.8, 4) is 5.75 Å². The second kappa shape index (κ2) is 8.21. The lowest BCUT2D eigenvalue weighted by Gasteiger charge is -2.35. The second-order valence-corrected chi connectivity index (χ2v) is 10.3. The molecule has 1 heterocycles. The van der Waals surface area contributed by atoms with Crippen LogP contribution < -0.4 is 4.74 Å². The molecule has 1 fully saturated rings. The van der Waals surface area contributed by atoms with Crippen LogP contribution in [0, 0.1) is 11.7 Å². The smallest absolute Gasteiger partial charge is 0.413 e. The van der Waals surface area contributed by atoms with Crippen LogP contribution in [-0.4, -0.2) is 50.8 Å². The molecule has 4 rings (SSSR count). The number of aliphatic hydroxyl groups is 1. The van der Waals surface area contributed by atoms with Gasteiger partial charge in [-0.05, 0) is 42.8 Å². The molecule has 0 spiro atoms. The number of hydrogen-bond donors (Lipinski definition) is 2. The first-order chi connectivity index (χ1) is 15.5. The highest BCUT2D eigenvalue weighted by atomic mass is 79.9. The van der Waals surface area contributed by atoms with Gasteiger partial charge in [0, 0.05) is 10.0 Å². The molecule has 0 radical (unpaired) electrons. The van der Waals surface area contributed by atoms with E-state index in [0.717, 1.165) is 11.0 Å². The van der Waals surface area contributed by atoms with Gasteiger partial charge in [0.15, 0.2) is 5.17 Å². The number of nitrogens with zero attached hydrogens (tertiary/aromatic N) is 2. The molecule has 176 valence electrons. The van der Waals surface area contributed by atoms with Gasteiger partial charge in [-0.2, -0.15) is 0 Å². The molecule has 0 bridgehead atoms. The van der Waals surface area contributed by atoms with Gasteiger partial charge in [0.1, 0.15) is 16.3 Å². The summed E-state index contributed by atoms with van der Waals surface area (Å²) in [5.74, 6) is -5.09. The van der Waals surface area contributed by atoms with E-state index in [1.54, 1.807) is 24.3 Å².